The molecule has 4 aliphatic carbocycles. The van der Waals surface area contributed by atoms with Crippen LogP contribution in [0, 0.1) is 17.3 Å². The molecular formula is C24H28BrN3O. The summed E-state index contributed by atoms with van der Waals surface area (Å²) in [6, 6.07) is 12.5. The highest BCUT2D eigenvalue weighted by atomic mass is 79.9. The molecule has 2 atom stereocenters. The number of halogens is 1. The van der Waals surface area contributed by atoms with Crippen molar-refractivity contribution in [3.63, 3.8) is 0 Å². The van der Waals surface area contributed by atoms with Crippen LogP contribution < -0.4 is 4.90 Å². The Morgan fingerprint density at radius 2 is 1.69 bits per heavy atom. The van der Waals surface area contributed by atoms with E-state index in [4.69, 9.17) is 4.98 Å². The number of amides is 1. The zero-order valence-electron chi connectivity index (χ0n) is 16.8. The number of rotatable bonds is 2. The van der Waals surface area contributed by atoms with Gasteiger partial charge in [-0.3, -0.25) is 4.79 Å². The first-order chi connectivity index (χ1) is 14.0. The molecule has 1 saturated heterocycles. The summed E-state index contributed by atoms with van der Waals surface area (Å²) in [6.45, 7) is 3.39. The van der Waals surface area contributed by atoms with Crippen molar-refractivity contribution >= 4 is 38.6 Å². The predicted molar refractivity (Wildman–Crippen MR) is 119 cm³/mol. The monoisotopic (exact) mass is 453 g/mol. The number of benzene rings is 1. The van der Waals surface area contributed by atoms with Crippen LogP contribution in [0.5, 0.6) is 0 Å². The Morgan fingerprint density at radius 1 is 0.966 bits per heavy atom. The summed E-state index contributed by atoms with van der Waals surface area (Å²) in [5, 5.41) is 1.18. The Morgan fingerprint density at radius 3 is 2.41 bits per heavy atom. The Labute approximate surface area is 180 Å². The summed E-state index contributed by atoms with van der Waals surface area (Å²) in [5.41, 5.74) is 0.955. The number of aromatic nitrogens is 1. The number of carbonyl (C=O) groups is 1. The van der Waals surface area contributed by atoms with E-state index in [9.17, 15) is 4.79 Å². The Hall–Kier alpha value is -1.62. The van der Waals surface area contributed by atoms with Crippen molar-refractivity contribution in [2.24, 2.45) is 17.3 Å². The van der Waals surface area contributed by atoms with Crippen molar-refractivity contribution < 1.29 is 4.79 Å². The standard InChI is InChI=1S/C24H28BrN3O/c25-24-14-17-11-18(15-24)13-23(12-17,16-24)22(29)28-9-7-27(8-10-28)21-6-5-19-3-1-2-4-20(19)26-21/h1-6,17-18H,7-16H2. The van der Waals surface area contributed by atoms with Crippen molar-refractivity contribution in [3.8, 4) is 0 Å². The summed E-state index contributed by atoms with van der Waals surface area (Å²) in [6.07, 6.45) is 7.21. The molecule has 1 aromatic heterocycles. The molecule has 2 unspecified atom stereocenters. The maximum atomic E-state index is 13.7. The lowest BCUT2D eigenvalue weighted by Gasteiger charge is -2.60. The van der Waals surface area contributed by atoms with Gasteiger partial charge in [0.25, 0.3) is 0 Å². The first-order valence-corrected chi connectivity index (χ1v) is 11.9. The third-order valence-electron chi connectivity index (χ3n) is 7.92. The van der Waals surface area contributed by atoms with Crippen LogP contribution in [0.3, 0.4) is 0 Å². The first kappa shape index (κ1) is 18.2. The van der Waals surface area contributed by atoms with E-state index in [1.54, 1.807) is 0 Å². The van der Waals surface area contributed by atoms with Gasteiger partial charge in [0.1, 0.15) is 5.82 Å². The van der Waals surface area contributed by atoms with Crippen LogP contribution in [-0.2, 0) is 4.79 Å². The lowest BCUT2D eigenvalue weighted by Crippen LogP contribution is -2.61. The van der Waals surface area contributed by atoms with Gasteiger partial charge in [-0.2, -0.15) is 0 Å². The molecule has 4 saturated carbocycles. The largest absolute Gasteiger partial charge is 0.353 e. The number of para-hydroxylation sites is 1. The molecule has 0 radical (unpaired) electrons. The van der Waals surface area contributed by atoms with Gasteiger partial charge < -0.3 is 9.80 Å². The second kappa shape index (κ2) is 6.44. The maximum absolute atomic E-state index is 13.7. The molecule has 4 bridgehead atoms. The van der Waals surface area contributed by atoms with Crippen molar-refractivity contribution in [2.45, 2.75) is 42.8 Å². The highest BCUT2D eigenvalue weighted by Crippen LogP contribution is 2.64. The fraction of sp³-hybridized carbons (Fsp3) is 0.583. The molecule has 1 aliphatic heterocycles. The lowest BCUT2D eigenvalue weighted by atomic mass is 9.49. The van der Waals surface area contributed by atoms with Crippen LogP contribution in [0.2, 0.25) is 0 Å². The van der Waals surface area contributed by atoms with Crippen molar-refractivity contribution in [3.05, 3.63) is 36.4 Å². The molecule has 5 aliphatic rings. The molecule has 4 nitrogen and oxygen atoms in total. The van der Waals surface area contributed by atoms with E-state index in [1.165, 1.54) is 24.6 Å². The molecule has 7 rings (SSSR count). The number of piperazine rings is 1. The minimum atomic E-state index is -0.0864. The number of pyridine rings is 1. The van der Waals surface area contributed by atoms with E-state index in [0.717, 1.165) is 68.6 Å². The average Bonchev–Trinajstić information content (AvgIpc) is 2.71. The van der Waals surface area contributed by atoms with E-state index in [-0.39, 0.29) is 9.74 Å². The number of fused-ring (bicyclic) bond motifs is 1. The predicted octanol–water partition coefficient (Wildman–Crippen LogP) is 4.62. The molecule has 29 heavy (non-hydrogen) atoms. The molecule has 2 aromatic rings. The van der Waals surface area contributed by atoms with E-state index in [0.29, 0.717) is 5.91 Å². The van der Waals surface area contributed by atoms with Gasteiger partial charge in [-0.05, 0) is 68.6 Å². The van der Waals surface area contributed by atoms with Crippen molar-refractivity contribution in [2.75, 3.05) is 31.1 Å². The molecule has 1 aromatic carbocycles. The fourth-order valence-electron chi connectivity index (χ4n) is 7.11. The van der Waals surface area contributed by atoms with Gasteiger partial charge in [0.15, 0.2) is 0 Å². The zero-order chi connectivity index (χ0) is 19.6. The van der Waals surface area contributed by atoms with E-state index in [1.807, 2.05) is 6.07 Å². The molecule has 5 fully saturated rings. The third kappa shape index (κ3) is 2.99. The van der Waals surface area contributed by atoms with Crippen LogP contribution in [0.25, 0.3) is 10.9 Å². The molecule has 0 spiro atoms. The van der Waals surface area contributed by atoms with Crippen LogP contribution >= 0.6 is 15.9 Å². The number of nitrogens with zero attached hydrogens (tertiary/aromatic N) is 3. The Balaban J connectivity index is 1.17. The normalized spacial score (nSPS) is 36.0. The topological polar surface area (TPSA) is 36.4 Å². The SMILES string of the molecule is O=C(N1CCN(c2ccc3ccccc3n2)CC1)C12CC3CC(CC(Br)(C3)C1)C2. The molecular weight excluding hydrogens is 426 g/mol. The second-order valence-electron chi connectivity index (χ2n) is 10.0. The van der Waals surface area contributed by atoms with Gasteiger partial charge >= 0.3 is 0 Å². The van der Waals surface area contributed by atoms with Gasteiger partial charge in [-0.25, -0.2) is 4.98 Å². The molecule has 1 amide bonds. The summed E-state index contributed by atoms with van der Waals surface area (Å²) in [4.78, 5) is 23.0. The smallest absolute Gasteiger partial charge is 0.228 e. The summed E-state index contributed by atoms with van der Waals surface area (Å²) >= 11 is 4.06. The van der Waals surface area contributed by atoms with E-state index < -0.39 is 0 Å². The minimum absolute atomic E-state index is 0.0864. The zero-order valence-corrected chi connectivity index (χ0v) is 18.4. The Kier molecular flexibility index (Phi) is 4.03. The van der Waals surface area contributed by atoms with Gasteiger partial charge in [-0.1, -0.05) is 34.1 Å². The number of anilines is 1. The highest BCUT2D eigenvalue weighted by molar-refractivity contribution is 9.10. The van der Waals surface area contributed by atoms with Crippen LogP contribution in [0.4, 0.5) is 5.82 Å². The van der Waals surface area contributed by atoms with Gasteiger partial charge in [0, 0.05) is 35.9 Å². The molecule has 0 N–H and O–H groups in total. The van der Waals surface area contributed by atoms with Crippen LogP contribution in [0.1, 0.15) is 38.5 Å². The van der Waals surface area contributed by atoms with Gasteiger partial charge in [-0.15, -0.1) is 0 Å². The van der Waals surface area contributed by atoms with E-state index >= 15 is 0 Å². The van der Waals surface area contributed by atoms with Gasteiger partial charge in [0.2, 0.25) is 5.91 Å². The number of hydrogen-bond donors (Lipinski definition) is 0. The number of hydrogen-bond acceptors (Lipinski definition) is 3. The summed E-state index contributed by atoms with van der Waals surface area (Å²) in [7, 11) is 0. The quantitative estimate of drug-likeness (QED) is 0.622. The van der Waals surface area contributed by atoms with Crippen LogP contribution in [-0.4, -0.2) is 46.3 Å². The number of alkyl halides is 1. The minimum Gasteiger partial charge on any atom is -0.353 e. The van der Waals surface area contributed by atoms with E-state index in [2.05, 4.69) is 56.1 Å². The van der Waals surface area contributed by atoms with Crippen molar-refractivity contribution in [1.82, 2.24) is 9.88 Å². The first-order valence-electron chi connectivity index (χ1n) is 11.1. The molecule has 152 valence electrons. The fourth-order valence-corrected chi connectivity index (χ4v) is 8.56. The number of carbonyl (C=O) groups excluding carboxylic acids is 1. The van der Waals surface area contributed by atoms with Crippen molar-refractivity contribution in [1.29, 1.82) is 0 Å². The molecule has 5 heteroatoms. The third-order valence-corrected chi connectivity index (χ3v) is 8.85. The lowest BCUT2D eigenvalue weighted by molar-refractivity contribution is -0.155. The maximum Gasteiger partial charge on any atom is 0.228 e. The second-order valence-corrected chi connectivity index (χ2v) is 11.7. The highest BCUT2D eigenvalue weighted by Gasteiger charge is 2.60. The Bertz CT molecular complexity index is 954. The summed E-state index contributed by atoms with van der Waals surface area (Å²) < 4.78 is 0.240. The average molecular weight is 454 g/mol. The summed E-state index contributed by atoms with van der Waals surface area (Å²) in [5.74, 6) is 2.98. The van der Waals surface area contributed by atoms with Gasteiger partial charge in [0.05, 0.1) is 10.9 Å². The molecule has 2 heterocycles. The van der Waals surface area contributed by atoms with Crippen LogP contribution in [0.15, 0.2) is 36.4 Å².